The van der Waals surface area contributed by atoms with E-state index in [-0.39, 0.29) is 23.4 Å². The zero-order valence-electron chi connectivity index (χ0n) is 25.2. The standard InChI is InChI=1S/C33H43N3O5S/c1-6-26(5)34-33(38)31(7-2)35(23-22-27-12-10-9-11-13-27)32(37)24-36(28-16-18-29(19-17-28)41-8-3)42(39,40)30-20-14-25(4)15-21-30/h9-21,26,31H,6-8,22-24H2,1-5H3,(H,34,38)/t26-,31+/m0/s1. The van der Waals surface area contributed by atoms with E-state index in [9.17, 15) is 18.0 Å². The third-order valence-corrected chi connectivity index (χ3v) is 8.98. The van der Waals surface area contributed by atoms with Crippen LogP contribution in [0, 0.1) is 6.92 Å². The predicted molar refractivity (Wildman–Crippen MR) is 167 cm³/mol. The van der Waals surface area contributed by atoms with E-state index >= 15 is 0 Å². The fourth-order valence-corrected chi connectivity index (χ4v) is 5.99. The maximum atomic E-state index is 14.1. The normalized spacial score (nSPS) is 12.7. The van der Waals surface area contributed by atoms with Gasteiger partial charge in [-0.3, -0.25) is 13.9 Å². The van der Waals surface area contributed by atoms with Gasteiger partial charge in [-0.05, 0) is 82.0 Å². The maximum Gasteiger partial charge on any atom is 0.264 e. The van der Waals surface area contributed by atoms with Crippen LogP contribution in [-0.2, 0) is 26.0 Å². The molecular formula is C33H43N3O5S. The average Bonchev–Trinajstić information content (AvgIpc) is 2.99. The molecular weight excluding hydrogens is 550 g/mol. The summed E-state index contributed by atoms with van der Waals surface area (Å²) in [6.45, 7) is 9.77. The zero-order valence-corrected chi connectivity index (χ0v) is 26.1. The van der Waals surface area contributed by atoms with Crippen LogP contribution in [0.3, 0.4) is 0 Å². The molecule has 0 aliphatic carbocycles. The third-order valence-electron chi connectivity index (χ3n) is 7.19. The molecule has 8 nitrogen and oxygen atoms in total. The Bertz CT molecular complexity index is 1390. The Morgan fingerprint density at radius 3 is 2.10 bits per heavy atom. The molecule has 0 radical (unpaired) electrons. The molecule has 0 spiro atoms. The molecule has 9 heteroatoms. The summed E-state index contributed by atoms with van der Waals surface area (Å²) < 4.78 is 34.6. The van der Waals surface area contributed by atoms with Gasteiger partial charge >= 0.3 is 0 Å². The summed E-state index contributed by atoms with van der Waals surface area (Å²) in [6.07, 6.45) is 1.66. The molecule has 3 aromatic carbocycles. The van der Waals surface area contributed by atoms with Crippen molar-refractivity contribution in [1.82, 2.24) is 10.2 Å². The number of carbonyl (C=O) groups excluding carboxylic acids is 2. The van der Waals surface area contributed by atoms with Gasteiger partial charge in [0.25, 0.3) is 10.0 Å². The summed E-state index contributed by atoms with van der Waals surface area (Å²) in [6, 6.07) is 22.1. The number of hydrogen-bond acceptors (Lipinski definition) is 5. The minimum absolute atomic E-state index is 0.0557. The van der Waals surface area contributed by atoms with Gasteiger partial charge in [-0.15, -0.1) is 0 Å². The van der Waals surface area contributed by atoms with Crippen molar-refractivity contribution in [2.75, 3.05) is 24.0 Å². The summed E-state index contributed by atoms with van der Waals surface area (Å²) in [5, 5.41) is 3.00. The second kappa shape index (κ2) is 15.4. The van der Waals surface area contributed by atoms with Crippen molar-refractivity contribution in [3.8, 4) is 5.75 Å². The highest BCUT2D eigenvalue weighted by Gasteiger charge is 2.33. The number of nitrogens with one attached hydrogen (secondary N) is 1. The summed E-state index contributed by atoms with van der Waals surface area (Å²) in [7, 11) is -4.12. The molecule has 0 saturated carbocycles. The Labute approximate surface area is 250 Å². The molecule has 226 valence electrons. The van der Waals surface area contributed by atoms with Crippen LogP contribution >= 0.6 is 0 Å². The van der Waals surface area contributed by atoms with E-state index in [1.165, 1.54) is 17.0 Å². The van der Waals surface area contributed by atoms with Gasteiger partial charge in [0.1, 0.15) is 18.3 Å². The summed E-state index contributed by atoms with van der Waals surface area (Å²) in [5.41, 5.74) is 2.26. The molecule has 3 aromatic rings. The number of nitrogens with zero attached hydrogens (tertiary/aromatic N) is 2. The van der Waals surface area contributed by atoms with E-state index in [1.54, 1.807) is 36.4 Å². The van der Waals surface area contributed by atoms with Crippen molar-refractivity contribution in [3.05, 3.63) is 90.0 Å². The predicted octanol–water partition coefficient (Wildman–Crippen LogP) is 5.35. The lowest BCUT2D eigenvalue weighted by Crippen LogP contribution is -2.54. The molecule has 0 aliphatic heterocycles. The molecule has 2 atom stereocenters. The van der Waals surface area contributed by atoms with Gasteiger partial charge in [-0.25, -0.2) is 8.42 Å². The van der Waals surface area contributed by atoms with Gasteiger partial charge in [0.15, 0.2) is 0 Å². The van der Waals surface area contributed by atoms with Crippen LogP contribution in [0.1, 0.15) is 51.7 Å². The number of benzene rings is 3. The second-order valence-electron chi connectivity index (χ2n) is 10.3. The van der Waals surface area contributed by atoms with Crippen molar-refractivity contribution in [2.24, 2.45) is 0 Å². The Balaban J connectivity index is 2.01. The van der Waals surface area contributed by atoms with Crippen molar-refractivity contribution >= 4 is 27.5 Å². The van der Waals surface area contributed by atoms with E-state index in [1.807, 2.05) is 65.0 Å². The van der Waals surface area contributed by atoms with Crippen LogP contribution in [-0.4, -0.2) is 56.9 Å². The monoisotopic (exact) mass is 593 g/mol. The van der Waals surface area contributed by atoms with Crippen molar-refractivity contribution in [2.45, 2.75) is 70.9 Å². The zero-order chi connectivity index (χ0) is 30.7. The number of rotatable bonds is 15. The SMILES string of the molecule is CCOc1ccc(N(CC(=O)N(CCc2ccccc2)[C@H](CC)C(=O)N[C@@H](C)CC)S(=O)(=O)c2ccc(C)cc2)cc1. The van der Waals surface area contributed by atoms with E-state index in [0.29, 0.717) is 30.9 Å². The highest BCUT2D eigenvalue weighted by atomic mass is 32.2. The van der Waals surface area contributed by atoms with Crippen molar-refractivity contribution in [3.63, 3.8) is 0 Å². The van der Waals surface area contributed by atoms with Gasteiger partial charge in [0, 0.05) is 12.6 Å². The van der Waals surface area contributed by atoms with Crippen LogP contribution in [0.15, 0.2) is 83.8 Å². The van der Waals surface area contributed by atoms with Crippen LogP contribution in [0.4, 0.5) is 5.69 Å². The smallest absolute Gasteiger partial charge is 0.264 e. The lowest BCUT2D eigenvalue weighted by atomic mass is 10.1. The Morgan fingerprint density at radius 1 is 0.881 bits per heavy atom. The second-order valence-corrected chi connectivity index (χ2v) is 12.2. The van der Waals surface area contributed by atoms with Crippen LogP contribution < -0.4 is 14.4 Å². The lowest BCUT2D eigenvalue weighted by Gasteiger charge is -2.33. The average molecular weight is 594 g/mol. The Hall–Kier alpha value is -3.85. The summed E-state index contributed by atoms with van der Waals surface area (Å²) >= 11 is 0. The van der Waals surface area contributed by atoms with E-state index in [2.05, 4.69) is 5.32 Å². The first-order chi connectivity index (χ1) is 20.1. The topological polar surface area (TPSA) is 96.0 Å². The first kappa shape index (κ1) is 32.7. The van der Waals surface area contributed by atoms with Crippen LogP contribution in [0.2, 0.25) is 0 Å². The minimum Gasteiger partial charge on any atom is -0.494 e. The quantitative estimate of drug-likeness (QED) is 0.256. The lowest BCUT2D eigenvalue weighted by molar-refractivity contribution is -0.139. The van der Waals surface area contributed by atoms with Crippen molar-refractivity contribution < 1.29 is 22.7 Å². The molecule has 0 aromatic heterocycles. The highest BCUT2D eigenvalue weighted by Crippen LogP contribution is 2.27. The van der Waals surface area contributed by atoms with Gasteiger partial charge < -0.3 is 15.0 Å². The molecule has 2 amide bonds. The van der Waals surface area contributed by atoms with Gasteiger partial charge in [-0.2, -0.15) is 0 Å². The number of carbonyl (C=O) groups is 2. The summed E-state index contributed by atoms with van der Waals surface area (Å²) in [4.78, 5) is 29.1. The number of amides is 2. The fourth-order valence-electron chi connectivity index (χ4n) is 4.58. The molecule has 0 aliphatic rings. The number of hydrogen-bond donors (Lipinski definition) is 1. The molecule has 1 N–H and O–H groups in total. The molecule has 0 fully saturated rings. The number of sulfonamides is 1. The van der Waals surface area contributed by atoms with E-state index in [4.69, 9.17) is 4.74 Å². The molecule has 0 bridgehead atoms. The van der Waals surface area contributed by atoms with Crippen LogP contribution in [0.25, 0.3) is 0 Å². The fraction of sp³-hybridized carbons (Fsp3) is 0.394. The minimum atomic E-state index is -4.12. The molecule has 42 heavy (non-hydrogen) atoms. The molecule has 0 unspecified atom stereocenters. The van der Waals surface area contributed by atoms with E-state index < -0.39 is 28.5 Å². The Morgan fingerprint density at radius 2 is 1.52 bits per heavy atom. The number of aryl methyl sites for hydroxylation is 1. The maximum absolute atomic E-state index is 14.1. The van der Waals surface area contributed by atoms with Gasteiger partial charge in [0.05, 0.1) is 17.2 Å². The van der Waals surface area contributed by atoms with Crippen molar-refractivity contribution in [1.29, 1.82) is 0 Å². The molecule has 3 rings (SSSR count). The first-order valence-electron chi connectivity index (χ1n) is 14.6. The Kier molecular flexibility index (Phi) is 12.0. The van der Waals surface area contributed by atoms with Gasteiger partial charge in [-0.1, -0.05) is 61.9 Å². The first-order valence-corrected chi connectivity index (χ1v) is 16.0. The van der Waals surface area contributed by atoms with Crippen LogP contribution in [0.5, 0.6) is 5.75 Å². The third kappa shape index (κ3) is 8.58. The van der Waals surface area contributed by atoms with E-state index in [0.717, 1.165) is 21.9 Å². The molecule has 0 heterocycles. The largest absolute Gasteiger partial charge is 0.494 e. The molecule has 0 saturated heterocycles. The highest BCUT2D eigenvalue weighted by molar-refractivity contribution is 7.92. The van der Waals surface area contributed by atoms with Gasteiger partial charge in [0.2, 0.25) is 11.8 Å². The number of ether oxygens (including phenoxy) is 1. The number of anilines is 1. The summed E-state index contributed by atoms with van der Waals surface area (Å²) in [5.74, 6) is -0.110.